The number of aliphatic imine (C=N–C) groups is 1. The Morgan fingerprint density at radius 3 is 2.75 bits per heavy atom. The van der Waals surface area contributed by atoms with E-state index in [1.807, 2.05) is 24.4 Å². The first-order chi connectivity index (χ1) is 13.7. The van der Waals surface area contributed by atoms with Crippen LogP contribution >= 0.6 is 0 Å². The highest BCUT2D eigenvalue weighted by Gasteiger charge is 2.04. The monoisotopic (exact) mass is 385 g/mol. The van der Waals surface area contributed by atoms with E-state index >= 15 is 0 Å². The van der Waals surface area contributed by atoms with E-state index in [2.05, 4.69) is 20.7 Å². The van der Waals surface area contributed by atoms with Crippen molar-refractivity contribution in [1.82, 2.24) is 20.4 Å². The second kappa shape index (κ2) is 10.3. The molecule has 0 atom stereocenters. The predicted octanol–water partition coefficient (Wildman–Crippen LogP) is 2.53. The van der Waals surface area contributed by atoms with Crippen LogP contribution in [0.15, 0.2) is 64.3 Å². The van der Waals surface area contributed by atoms with Crippen molar-refractivity contribution in [3.63, 3.8) is 0 Å². The van der Waals surface area contributed by atoms with Gasteiger partial charge in [-0.3, -0.25) is 0 Å². The first-order valence-electron chi connectivity index (χ1n) is 9.08. The van der Waals surface area contributed by atoms with E-state index < -0.39 is 0 Å². The largest absolute Gasteiger partial charge is 0.469 e. The number of ether oxygens (including phenoxy) is 1. The summed E-state index contributed by atoms with van der Waals surface area (Å²) in [6.45, 7) is 2.33. The SMILES string of the molecule is COCCNC(=NCc1ccn(-c2ccc(F)cc2)n1)NCCc1ccco1. The molecule has 0 unspecified atom stereocenters. The van der Waals surface area contributed by atoms with Gasteiger partial charge in [0.25, 0.3) is 0 Å². The lowest BCUT2D eigenvalue weighted by atomic mass is 10.3. The van der Waals surface area contributed by atoms with Crippen molar-refractivity contribution in [3.05, 3.63) is 72.2 Å². The molecule has 148 valence electrons. The zero-order chi connectivity index (χ0) is 19.6. The normalized spacial score (nSPS) is 11.6. The van der Waals surface area contributed by atoms with Gasteiger partial charge in [-0.2, -0.15) is 5.10 Å². The summed E-state index contributed by atoms with van der Waals surface area (Å²) < 4.78 is 25.2. The topological polar surface area (TPSA) is 76.6 Å². The Balaban J connectivity index is 1.58. The Labute approximate surface area is 163 Å². The van der Waals surface area contributed by atoms with Crippen molar-refractivity contribution in [2.24, 2.45) is 4.99 Å². The maximum Gasteiger partial charge on any atom is 0.191 e. The molecule has 0 bridgehead atoms. The van der Waals surface area contributed by atoms with Gasteiger partial charge in [0, 0.05) is 32.8 Å². The van der Waals surface area contributed by atoms with Gasteiger partial charge in [0.1, 0.15) is 11.6 Å². The highest BCUT2D eigenvalue weighted by atomic mass is 19.1. The van der Waals surface area contributed by atoms with Gasteiger partial charge < -0.3 is 19.8 Å². The zero-order valence-corrected chi connectivity index (χ0v) is 15.8. The number of aromatic nitrogens is 2. The molecule has 0 radical (unpaired) electrons. The van der Waals surface area contributed by atoms with Crippen LogP contribution in [-0.2, 0) is 17.7 Å². The van der Waals surface area contributed by atoms with Crippen molar-refractivity contribution < 1.29 is 13.5 Å². The van der Waals surface area contributed by atoms with Crippen molar-refractivity contribution in [2.45, 2.75) is 13.0 Å². The first kappa shape index (κ1) is 19.6. The van der Waals surface area contributed by atoms with Crippen LogP contribution in [0, 0.1) is 5.82 Å². The third kappa shape index (κ3) is 5.95. The highest BCUT2D eigenvalue weighted by molar-refractivity contribution is 5.79. The van der Waals surface area contributed by atoms with Crippen LogP contribution in [0.4, 0.5) is 4.39 Å². The fourth-order valence-corrected chi connectivity index (χ4v) is 2.55. The van der Waals surface area contributed by atoms with Gasteiger partial charge in [-0.05, 0) is 42.5 Å². The molecule has 1 aromatic carbocycles. The number of furan rings is 1. The molecule has 0 amide bonds. The van der Waals surface area contributed by atoms with Gasteiger partial charge in [-0.1, -0.05) is 0 Å². The Hall–Kier alpha value is -3.13. The molecule has 3 rings (SSSR count). The molecule has 2 N–H and O–H groups in total. The summed E-state index contributed by atoms with van der Waals surface area (Å²) in [4.78, 5) is 4.58. The van der Waals surface area contributed by atoms with E-state index in [1.54, 1.807) is 30.2 Å². The number of rotatable bonds is 9. The molecular formula is C20H24FN5O2. The Morgan fingerprint density at radius 2 is 2.00 bits per heavy atom. The fraction of sp³-hybridized carbons (Fsp3) is 0.300. The van der Waals surface area contributed by atoms with Gasteiger partial charge >= 0.3 is 0 Å². The van der Waals surface area contributed by atoms with E-state index in [0.29, 0.717) is 32.2 Å². The number of methoxy groups -OCH3 is 1. The molecule has 2 aromatic heterocycles. The summed E-state index contributed by atoms with van der Waals surface area (Å²) in [5.41, 5.74) is 1.61. The van der Waals surface area contributed by atoms with Gasteiger partial charge in [0.15, 0.2) is 5.96 Å². The van der Waals surface area contributed by atoms with Crippen LogP contribution in [0.3, 0.4) is 0 Å². The third-order valence-corrected chi connectivity index (χ3v) is 3.98. The standard InChI is InChI=1S/C20H24FN5O2/c1-27-14-11-23-20(22-10-8-19-3-2-13-28-19)24-15-17-9-12-26(25-17)18-6-4-16(21)5-7-18/h2-7,9,12-13H,8,10-11,14-15H2,1H3,(H2,22,23,24). The van der Waals surface area contributed by atoms with Crippen molar-refractivity contribution in [2.75, 3.05) is 26.8 Å². The minimum Gasteiger partial charge on any atom is -0.469 e. The molecule has 0 aliphatic heterocycles. The summed E-state index contributed by atoms with van der Waals surface area (Å²) in [6, 6.07) is 11.9. The summed E-state index contributed by atoms with van der Waals surface area (Å²) in [7, 11) is 1.66. The van der Waals surface area contributed by atoms with E-state index in [0.717, 1.165) is 23.6 Å². The average molecular weight is 385 g/mol. The second-order valence-corrected chi connectivity index (χ2v) is 6.07. The van der Waals surface area contributed by atoms with Gasteiger partial charge in [0.2, 0.25) is 0 Å². The molecule has 7 nitrogen and oxygen atoms in total. The summed E-state index contributed by atoms with van der Waals surface area (Å²) in [5.74, 6) is 1.33. The fourth-order valence-electron chi connectivity index (χ4n) is 2.55. The van der Waals surface area contributed by atoms with Crippen LogP contribution in [0.2, 0.25) is 0 Å². The summed E-state index contributed by atoms with van der Waals surface area (Å²) >= 11 is 0. The van der Waals surface area contributed by atoms with Crippen LogP contribution in [0.1, 0.15) is 11.5 Å². The zero-order valence-electron chi connectivity index (χ0n) is 15.8. The van der Waals surface area contributed by atoms with Gasteiger partial charge in [-0.15, -0.1) is 0 Å². The number of nitrogens with zero attached hydrogens (tertiary/aromatic N) is 3. The number of nitrogens with one attached hydrogen (secondary N) is 2. The molecule has 2 heterocycles. The number of halogens is 1. The molecule has 0 fully saturated rings. The van der Waals surface area contributed by atoms with Crippen LogP contribution < -0.4 is 10.6 Å². The summed E-state index contributed by atoms with van der Waals surface area (Å²) in [6.07, 6.45) is 4.26. The molecule has 0 aliphatic carbocycles. The van der Waals surface area contributed by atoms with E-state index in [4.69, 9.17) is 9.15 Å². The Morgan fingerprint density at radius 1 is 1.18 bits per heavy atom. The molecular weight excluding hydrogens is 361 g/mol. The van der Waals surface area contributed by atoms with Gasteiger partial charge in [0.05, 0.1) is 30.8 Å². The molecule has 0 saturated heterocycles. The lowest BCUT2D eigenvalue weighted by Gasteiger charge is -2.11. The van der Waals surface area contributed by atoms with Crippen molar-refractivity contribution in [3.8, 4) is 5.69 Å². The maximum absolute atomic E-state index is 13.1. The van der Waals surface area contributed by atoms with Crippen molar-refractivity contribution in [1.29, 1.82) is 0 Å². The quantitative estimate of drug-likeness (QED) is 0.336. The minimum absolute atomic E-state index is 0.270. The van der Waals surface area contributed by atoms with Crippen LogP contribution in [0.5, 0.6) is 0 Å². The van der Waals surface area contributed by atoms with Crippen molar-refractivity contribution >= 4 is 5.96 Å². The number of hydrogen-bond donors (Lipinski definition) is 2. The molecule has 0 saturated carbocycles. The number of hydrogen-bond acceptors (Lipinski definition) is 4. The molecule has 28 heavy (non-hydrogen) atoms. The van der Waals surface area contributed by atoms with Crippen LogP contribution in [-0.4, -0.2) is 42.5 Å². The van der Waals surface area contributed by atoms with E-state index in [-0.39, 0.29) is 5.82 Å². The smallest absolute Gasteiger partial charge is 0.191 e. The van der Waals surface area contributed by atoms with Gasteiger partial charge in [-0.25, -0.2) is 14.1 Å². The third-order valence-electron chi connectivity index (χ3n) is 3.98. The predicted molar refractivity (Wildman–Crippen MR) is 105 cm³/mol. The van der Waals surface area contributed by atoms with Crippen LogP contribution in [0.25, 0.3) is 5.69 Å². The Kier molecular flexibility index (Phi) is 7.20. The summed E-state index contributed by atoms with van der Waals surface area (Å²) in [5, 5.41) is 11.0. The number of benzene rings is 1. The lowest BCUT2D eigenvalue weighted by Crippen LogP contribution is -2.40. The lowest BCUT2D eigenvalue weighted by molar-refractivity contribution is 0.203. The van der Waals surface area contributed by atoms with E-state index in [9.17, 15) is 4.39 Å². The molecule has 8 heteroatoms. The van der Waals surface area contributed by atoms with E-state index in [1.165, 1.54) is 12.1 Å². The second-order valence-electron chi connectivity index (χ2n) is 6.07. The highest BCUT2D eigenvalue weighted by Crippen LogP contribution is 2.09. The number of guanidine groups is 1. The molecule has 0 spiro atoms. The molecule has 3 aromatic rings. The molecule has 0 aliphatic rings. The minimum atomic E-state index is -0.270. The average Bonchev–Trinajstić information content (AvgIpc) is 3.38. The maximum atomic E-state index is 13.1. The first-order valence-corrected chi connectivity index (χ1v) is 9.08. The Bertz CT molecular complexity index is 859.